The third kappa shape index (κ3) is 2.65. The van der Waals surface area contributed by atoms with Gasteiger partial charge in [0.2, 0.25) is 0 Å². The molecular weight excluding hydrogens is 242 g/mol. The molecule has 1 aromatic carbocycles. The Labute approximate surface area is 111 Å². The van der Waals surface area contributed by atoms with E-state index in [1.54, 1.807) is 12.3 Å². The van der Waals surface area contributed by atoms with E-state index in [2.05, 4.69) is 4.98 Å². The molecular formula is C14H15N3O2. The third-order valence-corrected chi connectivity index (χ3v) is 2.84. The standard InChI is InChI=1S/C14H15N3O2/c1-17(2)11-5-3-4-9(6-11)10-7-12(14(18)19)13(15)16-8-10/h3-8H,1-2H3,(H2,15,16)(H,18,19). The van der Waals surface area contributed by atoms with E-state index in [0.717, 1.165) is 16.8 Å². The molecule has 0 spiro atoms. The Morgan fingerprint density at radius 2 is 2.00 bits per heavy atom. The molecule has 0 radical (unpaired) electrons. The number of carboxylic acid groups (broad SMARTS) is 1. The van der Waals surface area contributed by atoms with Crippen LogP contribution in [0.2, 0.25) is 0 Å². The van der Waals surface area contributed by atoms with Crippen molar-refractivity contribution in [2.24, 2.45) is 0 Å². The number of pyridine rings is 1. The van der Waals surface area contributed by atoms with E-state index in [1.807, 2.05) is 43.3 Å². The Morgan fingerprint density at radius 3 is 2.63 bits per heavy atom. The van der Waals surface area contributed by atoms with Crippen LogP contribution in [0.3, 0.4) is 0 Å². The van der Waals surface area contributed by atoms with E-state index in [-0.39, 0.29) is 11.4 Å². The average molecular weight is 257 g/mol. The summed E-state index contributed by atoms with van der Waals surface area (Å²) in [5, 5.41) is 9.05. The fraction of sp³-hybridized carbons (Fsp3) is 0.143. The lowest BCUT2D eigenvalue weighted by Gasteiger charge is -2.13. The van der Waals surface area contributed by atoms with Gasteiger partial charge in [-0.15, -0.1) is 0 Å². The van der Waals surface area contributed by atoms with Crippen LogP contribution in [0.4, 0.5) is 11.5 Å². The number of carboxylic acids is 1. The van der Waals surface area contributed by atoms with Crippen LogP contribution in [0.15, 0.2) is 36.5 Å². The molecule has 0 saturated heterocycles. The third-order valence-electron chi connectivity index (χ3n) is 2.84. The predicted octanol–water partition coefficient (Wildman–Crippen LogP) is 2.09. The van der Waals surface area contributed by atoms with E-state index in [1.165, 1.54) is 0 Å². The number of carbonyl (C=O) groups is 1. The van der Waals surface area contributed by atoms with Crippen molar-refractivity contribution in [2.75, 3.05) is 24.7 Å². The fourth-order valence-corrected chi connectivity index (χ4v) is 1.77. The molecule has 3 N–H and O–H groups in total. The van der Waals surface area contributed by atoms with Gasteiger partial charge in [-0.1, -0.05) is 12.1 Å². The fourth-order valence-electron chi connectivity index (χ4n) is 1.77. The number of hydrogen-bond donors (Lipinski definition) is 2. The summed E-state index contributed by atoms with van der Waals surface area (Å²) in [7, 11) is 3.89. The second kappa shape index (κ2) is 4.97. The Bertz CT molecular complexity index is 624. The number of anilines is 2. The van der Waals surface area contributed by atoms with Crippen LogP contribution in [0.1, 0.15) is 10.4 Å². The molecule has 0 bridgehead atoms. The van der Waals surface area contributed by atoms with Gasteiger partial charge in [0.05, 0.1) is 0 Å². The van der Waals surface area contributed by atoms with Gasteiger partial charge in [-0.3, -0.25) is 0 Å². The molecule has 19 heavy (non-hydrogen) atoms. The van der Waals surface area contributed by atoms with Crippen LogP contribution < -0.4 is 10.6 Å². The van der Waals surface area contributed by atoms with Gasteiger partial charge in [0, 0.05) is 31.5 Å². The summed E-state index contributed by atoms with van der Waals surface area (Å²) < 4.78 is 0. The van der Waals surface area contributed by atoms with E-state index in [4.69, 9.17) is 10.8 Å². The largest absolute Gasteiger partial charge is 0.478 e. The van der Waals surface area contributed by atoms with Gasteiger partial charge in [-0.25, -0.2) is 9.78 Å². The first-order valence-corrected chi connectivity index (χ1v) is 5.75. The van der Waals surface area contributed by atoms with Crippen LogP contribution >= 0.6 is 0 Å². The first-order valence-electron chi connectivity index (χ1n) is 5.75. The van der Waals surface area contributed by atoms with Gasteiger partial charge < -0.3 is 15.7 Å². The highest BCUT2D eigenvalue weighted by Crippen LogP contribution is 2.25. The van der Waals surface area contributed by atoms with Crippen molar-refractivity contribution in [3.8, 4) is 11.1 Å². The minimum absolute atomic E-state index is 0.0211. The summed E-state index contributed by atoms with van der Waals surface area (Å²) in [5.41, 5.74) is 8.24. The molecule has 0 aliphatic rings. The molecule has 1 aromatic heterocycles. The summed E-state index contributed by atoms with van der Waals surface area (Å²) in [6, 6.07) is 9.32. The maximum Gasteiger partial charge on any atom is 0.339 e. The number of nitrogens with zero attached hydrogens (tertiary/aromatic N) is 2. The zero-order valence-electron chi connectivity index (χ0n) is 10.8. The Hall–Kier alpha value is -2.56. The van der Waals surface area contributed by atoms with Crippen LogP contribution in [0.5, 0.6) is 0 Å². The molecule has 1 heterocycles. The molecule has 0 unspecified atom stereocenters. The number of aromatic carboxylic acids is 1. The zero-order chi connectivity index (χ0) is 14.0. The molecule has 0 atom stereocenters. The Balaban J connectivity index is 2.50. The molecule has 0 fully saturated rings. The highest BCUT2D eigenvalue weighted by atomic mass is 16.4. The van der Waals surface area contributed by atoms with Crippen molar-refractivity contribution in [3.05, 3.63) is 42.1 Å². The molecule has 0 aliphatic heterocycles. The number of nitrogens with two attached hydrogens (primary N) is 1. The van der Waals surface area contributed by atoms with Gasteiger partial charge in [0.25, 0.3) is 0 Å². The molecule has 2 aromatic rings. The van der Waals surface area contributed by atoms with Gasteiger partial charge in [0.15, 0.2) is 0 Å². The Morgan fingerprint density at radius 1 is 1.26 bits per heavy atom. The smallest absolute Gasteiger partial charge is 0.339 e. The van der Waals surface area contributed by atoms with Crippen molar-refractivity contribution in [1.29, 1.82) is 0 Å². The van der Waals surface area contributed by atoms with Gasteiger partial charge in [0.1, 0.15) is 11.4 Å². The van der Waals surface area contributed by atoms with E-state index in [9.17, 15) is 4.79 Å². The van der Waals surface area contributed by atoms with Gasteiger partial charge in [-0.05, 0) is 23.8 Å². The van der Waals surface area contributed by atoms with Gasteiger partial charge in [-0.2, -0.15) is 0 Å². The van der Waals surface area contributed by atoms with E-state index < -0.39 is 5.97 Å². The highest BCUT2D eigenvalue weighted by Gasteiger charge is 2.11. The lowest BCUT2D eigenvalue weighted by Crippen LogP contribution is -2.08. The van der Waals surface area contributed by atoms with Gasteiger partial charge >= 0.3 is 5.97 Å². The molecule has 0 saturated carbocycles. The lowest BCUT2D eigenvalue weighted by molar-refractivity contribution is 0.0697. The summed E-state index contributed by atoms with van der Waals surface area (Å²) in [4.78, 5) is 17.0. The molecule has 5 heteroatoms. The number of rotatable bonds is 3. The van der Waals surface area contributed by atoms with Crippen LogP contribution in [-0.4, -0.2) is 30.2 Å². The monoisotopic (exact) mass is 257 g/mol. The maximum absolute atomic E-state index is 11.1. The number of hydrogen-bond acceptors (Lipinski definition) is 4. The van der Waals surface area contributed by atoms with E-state index in [0.29, 0.717) is 0 Å². The highest BCUT2D eigenvalue weighted by molar-refractivity contribution is 5.94. The van der Waals surface area contributed by atoms with Crippen LogP contribution in [-0.2, 0) is 0 Å². The average Bonchev–Trinajstić information content (AvgIpc) is 2.39. The van der Waals surface area contributed by atoms with Crippen LogP contribution in [0, 0.1) is 0 Å². The quantitative estimate of drug-likeness (QED) is 0.880. The molecule has 0 amide bonds. The van der Waals surface area contributed by atoms with Crippen molar-refractivity contribution in [1.82, 2.24) is 4.98 Å². The number of aromatic nitrogens is 1. The van der Waals surface area contributed by atoms with Crippen molar-refractivity contribution in [2.45, 2.75) is 0 Å². The summed E-state index contributed by atoms with van der Waals surface area (Å²) in [5.74, 6) is -1.05. The van der Waals surface area contributed by atoms with Crippen molar-refractivity contribution >= 4 is 17.5 Å². The normalized spacial score (nSPS) is 10.2. The minimum Gasteiger partial charge on any atom is -0.478 e. The zero-order valence-corrected chi connectivity index (χ0v) is 10.8. The van der Waals surface area contributed by atoms with E-state index >= 15 is 0 Å². The molecule has 0 aliphatic carbocycles. The SMILES string of the molecule is CN(C)c1cccc(-c2cnc(N)c(C(=O)O)c2)c1. The summed E-state index contributed by atoms with van der Waals surface area (Å²) >= 11 is 0. The second-order valence-electron chi connectivity index (χ2n) is 4.41. The van der Waals surface area contributed by atoms with Crippen molar-refractivity contribution < 1.29 is 9.90 Å². The lowest BCUT2D eigenvalue weighted by atomic mass is 10.0. The molecule has 5 nitrogen and oxygen atoms in total. The number of benzene rings is 1. The summed E-state index contributed by atoms with van der Waals surface area (Å²) in [6.07, 6.45) is 1.58. The Kier molecular flexibility index (Phi) is 3.37. The number of nitrogen functional groups attached to an aromatic ring is 1. The maximum atomic E-state index is 11.1. The van der Waals surface area contributed by atoms with Crippen LogP contribution in [0.25, 0.3) is 11.1 Å². The first kappa shape index (κ1) is 12.9. The minimum atomic E-state index is -1.07. The molecule has 2 rings (SSSR count). The summed E-state index contributed by atoms with van der Waals surface area (Å²) in [6.45, 7) is 0. The molecule has 98 valence electrons. The second-order valence-corrected chi connectivity index (χ2v) is 4.41. The van der Waals surface area contributed by atoms with Crippen molar-refractivity contribution in [3.63, 3.8) is 0 Å². The predicted molar refractivity (Wildman–Crippen MR) is 75.4 cm³/mol. The topological polar surface area (TPSA) is 79.5 Å². The first-order chi connectivity index (χ1) is 8.99.